The van der Waals surface area contributed by atoms with Gasteiger partial charge < -0.3 is 11.1 Å². The predicted molar refractivity (Wildman–Crippen MR) is 78.4 cm³/mol. The number of carbonyl (C=O) groups excluding carboxylic acids is 1. The molecule has 0 heterocycles. The van der Waals surface area contributed by atoms with Crippen molar-refractivity contribution in [1.29, 1.82) is 0 Å². The van der Waals surface area contributed by atoms with E-state index in [-0.39, 0.29) is 11.9 Å². The van der Waals surface area contributed by atoms with E-state index >= 15 is 0 Å². The summed E-state index contributed by atoms with van der Waals surface area (Å²) in [6.07, 6.45) is 3.80. The molecule has 1 rings (SSSR count). The predicted octanol–water partition coefficient (Wildman–Crippen LogP) is 2.86. The molecule has 0 fully saturated rings. The number of rotatable bonds is 7. The Hall–Kier alpha value is -0.680. The van der Waals surface area contributed by atoms with Crippen LogP contribution in [0.25, 0.3) is 0 Å². The van der Waals surface area contributed by atoms with Crippen LogP contribution in [-0.2, 0) is 4.79 Å². The fraction of sp³-hybridized carbons (Fsp3) is 0.417. The highest BCUT2D eigenvalue weighted by Gasteiger charge is 2.15. The maximum absolute atomic E-state index is 11.3. The number of thioether (sulfide) groups is 1. The molecule has 0 bridgehead atoms. The van der Waals surface area contributed by atoms with Crippen molar-refractivity contribution in [3.8, 4) is 0 Å². The molecule has 0 aliphatic carbocycles. The zero-order valence-electron chi connectivity index (χ0n) is 9.78. The molecule has 0 aliphatic rings. The van der Waals surface area contributed by atoms with Crippen LogP contribution in [0, 0.1) is 0 Å². The quantitative estimate of drug-likeness (QED) is 0.760. The van der Waals surface area contributed by atoms with E-state index in [1.165, 1.54) is 0 Å². The minimum atomic E-state index is -0.305. The third-order valence-electron chi connectivity index (χ3n) is 2.39. The average molecular weight is 317 g/mol. The van der Waals surface area contributed by atoms with E-state index < -0.39 is 0 Å². The van der Waals surface area contributed by atoms with Gasteiger partial charge in [0.25, 0.3) is 0 Å². The normalized spacial score (nSPS) is 12.1. The molecule has 17 heavy (non-hydrogen) atoms. The highest BCUT2D eigenvalue weighted by Crippen LogP contribution is 2.22. The summed E-state index contributed by atoms with van der Waals surface area (Å²) >= 11 is 5.21. The van der Waals surface area contributed by atoms with Crippen molar-refractivity contribution >= 4 is 39.3 Å². The standard InChI is InChI=1S/C12H17BrN2OS/c1-17-8-4-7-11(12(14)16)15-10-6-3-2-5-9(10)13/h2-3,5-6,11,15H,4,7-8H2,1H3,(H2,14,16). The molecule has 94 valence electrons. The molecule has 1 atom stereocenters. The van der Waals surface area contributed by atoms with Crippen molar-refractivity contribution < 1.29 is 4.79 Å². The first-order chi connectivity index (χ1) is 8.15. The van der Waals surface area contributed by atoms with Crippen molar-refractivity contribution in [3.63, 3.8) is 0 Å². The van der Waals surface area contributed by atoms with Crippen LogP contribution in [0.3, 0.4) is 0 Å². The van der Waals surface area contributed by atoms with Gasteiger partial charge >= 0.3 is 0 Å². The van der Waals surface area contributed by atoms with Gasteiger partial charge in [-0.15, -0.1) is 0 Å². The molecule has 1 aromatic carbocycles. The molecule has 0 radical (unpaired) electrons. The van der Waals surface area contributed by atoms with Gasteiger partial charge in [-0.1, -0.05) is 12.1 Å². The highest BCUT2D eigenvalue weighted by atomic mass is 79.9. The zero-order valence-corrected chi connectivity index (χ0v) is 12.2. The third-order valence-corrected chi connectivity index (χ3v) is 3.78. The number of anilines is 1. The van der Waals surface area contributed by atoms with Gasteiger partial charge in [0.05, 0.1) is 0 Å². The maximum atomic E-state index is 11.3. The summed E-state index contributed by atoms with van der Waals surface area (Å²) in [6.45, 7) is 0. The van der Waals surface area contributed by atoms with Gasteiger partial charge in [0.1, 0.15) is 6.04 Å². The van der Waals surface area contributed by atoms with Crippen LogP contribution in [0.15, 0.2) is 28.7 Å². The molecule has 1 unspecified atom stereocenters. The van der Waals surface area contributed by atoms with E-state index in [0.29, 0.717) is 0 Å². The zero-order chi connectivity index (χ0) is 12.7. The molecule has 0 saturated heterocycles. The van der Waals surface area contributed by atoms with E-state index in [2.05, 4.69) is 27.5 Å². The molecule has 0 spiro atoms. The number of amides is 1. The molecular formula is C12H17BrN2OS. The number of nitrogens with two attached hydrogens (primary N) is 1. The van der Waals surface area contributed by atoms with Gasteiger partial charge in [0.15, 0.2) is 0 Å². The van der Waals surface area contributed by atoms with Crippen LogP contribution in [0.4, 0.5) is 5.69 Å². The lowest BCUT2D eigenvalue weighted by Gasteiger charge is -2.17. The summed E-state index contributed by atoms with van der Waals surface area (Å²) in [5.74, 6) is 0.739. The smallest absolute Gasteiger partial charge is 0.239 e. The molecule has 1 aromatic rings. The first-order valence-corrected chi connectivity index (χ1v) is 7.63. The number of hydrogen-bond donors (Lipinski definition) is 2. The lowest BCUT2D eigenvalue weighted by molar-refractivity contribution is -0.118. The second kappa shape index (κ2) is 7.61. The summed E-state index contributed by atoms with van der Waals surface area (Å²) in [4.78, 5) is 11.3. The highest BCUT2D eigenvalue weighted by molar-refractivity contribution is 9.10. The second-order valence-corrected chi connectivity index (χ2v) is 5.55. The van der Waals surface area contributed by atoms with Gasteiger partial charge in [-0.3, -0.25) is 4.79 Å². The minimum Gasteiger partial charge on any atom is -0.373 e. The van der Waals surface area contributed by atoms with Crippen LogP contribution in [0.5, 0.6) is 0 Å². The first kappa shape index (κ1) is 14.4. The van der Waals surface area contributed by atoms with E-state index in [1.807, 2.05) is 24.3 Å². The van der Waals surface area contributed by atoms with Crippen molar-refractivity contribution in [3.05, 3.63) is 28.7 Å². The van der Waals surface area contributed by atoms with Crippen LogP contribution in [0.2, 0.25) is 0 Å². The van der Waals surface area contributed by atoms with Crippen molar-refractivity contribution in [2.24, 2.45) is 5.73 Å². The molecule has 3 N–H and O–H groups in total. The number of benzene rings is 1. The summed E-state index contributed by atoms with van der Waals surface area (Å²) in [5.41, 5.74) is 6.30. The minimum absolute atomic E-state index is 0.304. The SMILES string of the molecule is CSCCCC(Nc1ccccc1Br)C(N)=O. The van der Waals surface area contributed by atoms with E-state index in [9.17, 15) is 4.79 Å². The number of nitrogens with one attached hydrogen (secondary N) is 1. The number of hydrogen-bond acceptors (Lipinski definition) is 3. The molecule has 0 aliphatic heterocycles. The van der Waals surface area contributed by atoms with Gasteiger partial charge in [-0.25, -0.2) is 0 Å². The largest absolute Gasteiger partial charge is 0.373 e. The average Bonchev–Trinajstić information content (AvgIpc) is 2.30. The molecule has 1 amide bonds. The van der Waals surface area contributed by atoms with E-state index in [4.69, 9.17) is 5.73 Å². The molecular weight excluding hydrogens is 300 g/mol. The number of primary amides is 1. The van der Waals surface area contributed by atoms with E-state index in [0.717, 1.165) is 28.8 Å². The summed E-state index contributed by atoms with van der Waals surface area (Å²) < 4.78 is 0.941. The summed E-state index contributed by atoms with van der Waals surface area (Å²) in [6, 6.07) is 7.41. The first-order valence-electron chi connectivity index (χ1n) is 5.44. The Bertz CT molecular complexity index is 373. The lowest BCUT2D eigenvalue weighted by atomic mass is 10.1. The Balaban J connectivity index is 2.61. The topological polar surface area (TPSA) is 55.1 Å². The molecule has 5 heteroatoms. The second-order valence-electron chi connectivity index (χ2n) is 3.71. The fourth-order valence-electron chi connectivity index (χ4n) is 1.48. The van der Waals surface area contributed by atoms with Crippen molar-refractivity contribution in [2.75, 3.05) is 17.3 Å². The Morgan fingerprint density at radius 3 is 2.82 bits per heavy atom. The van der Waals surface area contributed by atoms with Crippen LogP contribution in [0.1, 0.15) is 12.8 Å². The van der Waals surface area contributed by atoms with Crippen molar-refractivity contribution in [1.82, 2.24) is 0 Å². The van der Waals surface area contributed by atoms with Crippen molar-refractivity contribution in [2.45, 2.75) is 18.9 Å². The van der Waals surface area contributed by atoms with Gasteiger partial charge in [-0.05, 0) is 52.9 Å². The third kappa shape index (κ3) is 5.00. The van der Waals surface area contributed by atoms with Crippen LogP contribution < -0.4 is 11.1 Å². The monoisotopic (exact) mass is 316 g/mol. The van der Waals surface area contributed by atoms with Crippen LogP contribution >= 0.6 is 27.7 Å². The fourth-order valence-corrected chi connectivity index (χ4v) is 2.34. The molecule has 0 aromatic heterocycles. The molecule has 0 saturated carbocycles. The van der Waals surface area contributed by atoms with Crippen LogP contribution in [-0.4, -0.2) is 24.0 Å². The number of para-hydroxylation sites is 1. The Morgan fingerprint density at radius 1 is 1.53 bits per heavy atom. The summed E-state index contributed by atoms with van der Waals surface area (Å²) in [5, 5.41) is 3.17. The molecule has 3 nitrogen and oxygen atoms in total. The Kier molecular flexibility index (Phi) is 6.44. The summed E-state index contributed by atoms with van der Waals surface area (Å²) in [7, 11) is 0. The van der Waals surface area contributed by atoms with E-state index in [1.54, 1.807) is 11.8 Å². The number of halogens is 1. The lowest BCUT2D eigenvalue weighted by Crippen LogP contribution is -2.35. The Labute approximate surface area is 115 Å². The van der Waals surface area contributed by atoms with Gasteiger partial charge in [-0.2, -0.15) is 11.8 Å². The maximum Gasteiger partial charge on any atom is 0.239 e. The van der Waals surface area contributed by atoms with Gasteiger partial charge in [0.2, 0.25) is 5.91 Å². The Morgan fingerprint density at radius 2 is 2.24 bits per heavy atom. The number of carbonyl (C=O) groups is 1. The van der Waals surface area contributed by atoms with Gasteiger partial charge in [0, 0.05) is 10.2 Å².